The van der Waals surface area contributed by atoms with Crippen molar-refractivity contribution in [1.82, 2.24) is 4.90 Å². The predicted molar refractivity (Wildman–Crippen MR) is 69.3 cm³/mol. The number of halogens is 1. The molecule has 0 spiro atoms. The molecule has 0 saturated heterocycles. The van der Waals surface area contributed by atoms with Gasteiger partial charge in [0.15, 0.2) is 0 Å². The highest BCUT2D eigenvalue weighted by molar-refractivity contribution is 5.87. The Kier molecular flexibility index (Phi) is 5.48. The second-order valence-electron chi connectivity index (χ2n) is 4.18. The summed E-state index contributed by atoms with van der Waals surface area (Å²) >= 11 is 0. The summed E-state index contributed by atoms with van der Waals surface area (Å²) in [6, 6.07) is 5.81. The first-order valence-electron chi connectivity index (χ1n) is 6.26. The SMILES string of the molecule is CCN(CC)C(=O)C(CC(=O)O)c1ccccc1F. The lowest BCUT2D eigenvalue weighted by molar-refractivity contribution is -0.142. The summed E-state index contributed by atoms with van der Waals surface area (Å²) in [4.78, 5) is 24.7. The summed E-state index contributed by atoms with van der Waals surface area (Å²) in [5.41, 5.74) is 0.141. The van der Waals surface area contributed by atoms with Crippen LogP contribution in [0, 0.1) is 5.82 Å². The molecule has 4 nitrogen and oxygen atoms in total. The summed E-state index contributed by atoms with van der Waals surface area (Å²) in [6.45, 7) is 4.56. The molecule has 0 aliphatic carbocycles. The summed E-state index contributed by atoms with van der Waals surface area (Å²) < 4.78 is 13.8. The van der Waals surface area contributed by atoms with Gasteiger partial charge < -0.3 is 10.0 Å². The van der Waals surface area contributed by atoms with Crippen molar-refractivity contribution in [2.75, 3.05) is 13.1 Å². The molecular formula is C14H18FNO3. The van der Waals surface area contributed by atoms with Crippen LogP contribution in [-0.2, 0) is 9.59 Å². The van der Waals surface area contributed by atoms with Gasteiger partial charge in [-0.3, -0.25) is 9.59 Å². The van der Waals surface area contributed by atoms with Crippen LogP contribution >= 0.6 is 0 Å². The highest BCUT2D eigenvalue weighted by Gasteiger charge is 2.28. The van der Waals surface area contributed by atoms with E-state index in [0.717, 1.165) is 0 Å². The molecule has 0 aliphatic heterocycles. The zero-order valence-electron chi connectivity index (χ0n) is 11.1. The Morgan fingerprint density at radius 3 is 2.32 bits per heavy atom. The van der Waals surface area contributed by atoms with Gasteiger partial charge in [0.2, 0.25) is 5.91 Å². The quantitative estimate of drug-likeness (QED) is 0.860. The molecule has 0 bridgehead atoms. The highest BCUT2D eigenvalue weighted by Crippen LogP contribution is 2.25. The van der Waals surface area contributed by atoms with Gasteiger partial charge in [-0.25, -0.2) is 4.39 Å². The fraction of sp³-hybridized carbons (Fsp3) is 0.429. The lowest BCUT2D eigenvalue weighted by Crippen LogP contribution is -2.36. The van der Waals surface area contributed by atoms with Crippen molar-refractivity contribution in [1.29, 1.82) is 0 Å². The molecule has 0 aliphatic rings. The van der Waals surface area contributed by atoms with E-state index >= 15 is 0 Å². The second-order valence-corrected chi connectivity index (χ2v) is 4.18. The van der Waals surface area contributed by atoms with Crippen LogP contribution in [0.15, 0.2) is 24.3 Å². The molecule has 0 saturated carbocycles. The van der Waals surface area contributed by atoms with Crippen molar-refractivity contribution >= 4 is 11.9 Å². The van der Waals surface area contributed by atoms with Gasteiger partial charge in [0.25, 0.3) is 0 Å². The van der Waals surface area contributed by atoms with Crippen molar-refractivity contribution in [3.05, 3.63) is 35.6 Å². The van der Waals surface area contributed by atoms with E-state index in [2.05, 4.69) is 0 Å². The summed E-state index contributed by atoms with van der Waals surface area (Å²) in [6.07, 6.45) is -0.406. The van der Waals surface area contributed by atoms with E-state index < -0.39 is 24.1 Å². The third-order valence-electron chi connectivity index (χ3n) is 3.03. The number of benzene rings is 1. The number of hydrogen-bond donors (Lipinski definition) is 1. The molecule has 104 valence electrons. The molecule has 1 N–H and O–H groups in total. The van der Waals surface area contributed by atoms with Crippen LogP contribution in [0.1, 0.15) is 31.7 Å². The van der Waals surface area contributed by atoms with Crippen LogP contribution in [0.3, 0.4) is 0 Å². The number of amides is 1. The standard InChI is InChI=1S/C14H18FNO3/c1-3-16(4-2)14(19)11(9-13(17)18)10-7-5-6-8-12(10)15/h5-8,11H,3-4,9H2,1-2H3,(H,17,18). The molecular weight excluding hydrogens is 249 g/mol. The third-order valence-corrected chi connectivity index (χ3v) is 3.03. The van der Waals surface area contributed by atoms with Crippen LogP contribution in [-0.4, -0.2) is 35.0 Å². The maximum Gasteiger partial charge on any atom is 0.304 e. The van der Waals surface area contributed by atoms with Gasteiger partial charge in [-0.1, -0.05) is 18.2 Å². The Balaban J connectivity index is 3.11. The third kappa shape index (κ3) is 3.77. The Labute approximate surface area is 111 Å². The molecule has 5 heteroatoms. The van der Waals surface area contributed by atoms with Crippen LogP contribution < -0.4 is 0 Å². The van der Waals surface area contributed by atoms with Crippen LogP contribution in [0.5, 0.6) is 0 Å². The van der Waals surface area contributed by atoms with E-state index in [1.165, 1.54) is 23.1 Å². The Hall–Kier alpha value is -1.91. The van der Waals surface area contributed by atoms with Crippen molar-refractivity contribution in [2.24, 2.45) is 0 Å². The number of carboxylic acid groups (broad SMARTS) is 1. The number of carbonyl (C=O) groups is 2. The Bertz CT molecular complexity index is 458. The fourth-order valence-electron chi connectivity index (χ4n) is 2.02. The number of hydrogen-bond acceptors (Lipinski definition) is 2. The molecule has 0 radical (unpaired) electrons. The smallest absolute Gasteiger partial charge is 0.304 e. The summed E-state index contributed by atoms with van der Waals surface area (Å²) in [7, 11) is 0. The van der Waals surface area contributed by atoms with Gasteiger partial charge in [0, 0.05) is 18.7 Å². The second kappa shape index (κ2) is 6.87. The normalized spacial score (nSPS) is 11.9. The molecule has 1 rings (SSSR count). The van der Waals surface area contributed by atoms with Crippen molar-refractivity contribution < 1.29 is 19.1 Å². The average molecular weight is 267 g/mol. The van der Waals surface area contributed by atoms with E-state index in [4.69, 9.17) is 5.11 Å². The number of nitrogens with zero attached hydrogens (tertiary/aromatic N) is 1. The lowest BCUT2D eigenvalue weighted by atomic mass is 9.93. The van der Waals surface area contributed by atoms with Crippen LogP contribution in [0.25, 0.3) is 0 Å². The molecule has 0 fully saturated rings. The molecule has 0 aromatic heterocycles. The summed E-state index contributed by atoms with van der Waals surface area (Å²) in [5, 5.41) is 8.92. The molecule has 1 unspecified atom stereocenters. The summed E-state index contributed by atoms with van der Waals surface area (Å²) in [5.74, 6) is -2.99. The van der Waals surface area contributed by atoms with E-state index in [-0.39, 0.29) is 11.5 Å². The number of carboxylic acids is 1. The number of aliphatic carboxylic acids is 1. The number of carbonyl (C=O) groups excluding carboxylic acids is 1. The predicted octanol–water partition coefficient (Wildman–Crippen LogP) is 2.25. The number of rotatable bonds is 6. The number of likely N-dealkylation sites (N-methyl/N-ethyl adjacent to an activating group) is 1. The van der Waals surface area contributed by atoms with Crippen molar-refractivity contribution in [3.63, 3.8) is 0 Å². The van der Waals surface area contributed by atoms with E-state index in [1.807, 2.05) is 0 Å². The lowest BCUT2D eigenvalue weighted by Gasteiger charge is -2.24. The zero-order chi connectivity index (χ0) is 14.4. The zero-order valence-corrected chi connectivity index (χ0v) is 11.1. The topological polar surface area (TPSA) is 57.6 Å². The molecule has 0 heterocycles. The van der Waals surface area contributed by atoms with Crippen molar-refractivity contribution in [3.8, 4) is 0 Å². The maximum absolute atomic E-state index is 13.8. The van der Waals surface area contributed by atoms with Gasteiger partial charge in [-0.2, -0.15) is 0 Å². The first kappa shape index (κ1) is 15.1. The van der Waals surface area contributed by atoms with E-state index in [0.29, 0.717) is 13.1 Å². The van der Waals surface area contributed by atoms with E-state index in [9.17, 15) is 14.0 Å². The maximum atomic E-state index is 13.8. The average Bonchev–Trinajstić information content (AvgIpc) is 2.38. The highest BCUT2D eigenvalue weighted by atomic mass is 19.1. The molecule has 19 heavy (non-hydrogen) atoms. The molecule has 1 aromatic carbocycles. The fourth-order valence-corrected chi connectivity index (χ4v) is 2.02. The van der Waals surface area contributed by atoms with E-state index in [1.54, 1.807) is 19.9 Å². The molecule has 1 aromatic rings. The first-order chi connectivity index (χ1) is 9.01. The minimum absolute atomic E-state index is 0.141. The van der Waals surface area contributed by atoms with Crippen LogP contribution in [0.4, 0.5) is 4.39 Å². The Morgan fingerprint density at radius 1 is 1.26 bits per heavy atom. The van der Waals surface area contributed by atoms with Gasteiger partial charge >= 0.3 is 5.97 Å². The minimum atomic E-state index is -1.12. The van der Waals surface area contributed by atoms with Crippen molar-refractivity contribution in [2.45, 2.75) is 26.2 Å². The van der Waals surface area contributed by atoms with Gasteiger partial charge in [-0.05, 0) is 19.9 Å². The largest absolute Gasteiger partial charge is 0.481 e. The Morgan fingerprint density at radius 2 is 1.84 bits per heavy atom. The van der Waals surface area contributed by atoms with Gasteiger partial charge in [0.05, 0.1) is 12.3 Å². The van der Waals surface area contributed by atoms with Gasteiger partial charge in [-0.15, -0.1) is 0 Å². The van der Waals surface area contributed by atoms with Crippen LogP contribution in [0.2, 0.25) is 0 Å². The van der Waals surface area contributed by atoms with Gasteiger partial charge in [0.1, 0.15) is 5.82 Å². The molecule has 1 atom stereocenters. The molecule has 1 amide bonds. The first-order valence-corrected chi connectivity index (χ1v) is 6.26. The minimum Gasteiger partial charge on any atom is -0.481 e. The monoisotopic (exact) mass is 267 g/mol.